The molecule has 2 rings (SSSR count). The number of hydrogen-bond acceptors (Lipinski definition) is 5. The first-order valence-corrected chi connectivity index (χ1v) is 5.65. The van der Waals surface area contributed by atoms with Gasteiger partial charge in [-0.05, 0) is 15.9 Å². The van der Waals surface area contributed by atoms with Crippen molar-refractivity contribution in [2.24, 2.45) is 0 Å². The minimum atomic E-state index is -0.0194. The first kappa shape index (κ1) is 10.7. The van der Waals surface area contributed by atoms with E-state index in [0.717, 1.165) is 0 Å². The van der Waals surface area contributed by atoms with Crippen LogP contribution in [0.2, 0.25) is 0 Å². The molecule has 1 aliphatic rings. The summed E-state index contributed by atoms with van der Waals surface area (Å²) in [6, 6.07) is 0. The minimum absolute atomic E-state index is 0.0194. The van der Waals surface area contributed by atoms with Crippen LogP contribution in [0.1, 0.15) is 6.42 Å². The molecule has 0 bridgehead atoms. The molecule has 1 fully saturated rings. The molecule has 15 heavy (non-hydrogen) atoms. The van der Waals surface area contributed by atoms with Gasteiger partial charge in [-0.1, -0.05) is 0 Å². The summed E-state index contributed by atoms with van der Waals surface area (Å²) in [7, 11) is 0. The second kappa shape index (κ2) is 3.97. The highest BCUT2D eigenvalue weighted by molar-refractivity contribution is 9.10. The number of halogens is 1. The highest BCUT2D eigenvalue weighted by Crippen LogP contribution is 2.26. The topological polar surface area (TPSA) is 72.1 Å². The van der Waals surface area contributed by atoms with Crippen LogP contribution in [-0.4, -0.2) is 27.7 Å². The van der Waals surface area contributed by atoms with Crippen molar-refractivity contribution in [1.82, 2.24) is 9.97 Å². The van der Waals surface area contributed by atoms with Crippen molar-refractivity contribution in [2.45, 2.75) is 11.7 Å². The molecular weight excluding hydrogens is 280 g/mol. The Morgan fingerprint density at radius 2 is 2.40 bits per heavy atom. The highest BCUT2D eigenvalue weighted by atomic mass is 79.9. The van der Waals surface area contributed by atoms with Gasteiger partial charge in [0, 0.05) is 18.2 Å². The van der Waals surface area contributed by atoms with Crippen molar-refractivity contribution in [3.8, 4) is 0 Å². The summed E-state index contributed by atoms with van der Waals surface area (Å²) in [6.45, 7) is 0.525. The van der Waals surface area contributed by atoms with Gasteiger partial charge >= 0.3 is 0 Å². The van der Waals surface area contributed by atoms with Crippen LogP contribution < -0.4 is 10.6 Å². The van der Waals surface area contributed by atoms with Gasteiger partial charge in [0.15, 0.2) is 11.6 Å². The van der Waals surface area contributed by atoms with Crippen LogP contribution in [0.3, 0.4) is 0 Å². The lowest BCUT2D eigenvalue weighted by atomic mass is 10.4. The van der Waals surface area contributed by atoms with Gasteiger partial charge in [0.05, 0.1) is 6.20 Å². The van der Waals surface area contributed by atoms with E-state index in [1.54, 1.807) is 0 Å². The third-order valence-electron chi connectivity index (χ3n) is 2.11. The first-order valence-electron chi connectivity index (χ1n) is 4.34. The zero-order valence-electron chi connectivity index (χ0n) is 7.72. The summed E-state index contributed by atoms with van der Waals surface area (Å²) in [4.78, 5) is 21.2. The molecule has 80 valence electrons. The summed E-state index contributed by atoms with van der Waals surface area (Å²) < 4.78 is 0.558. The maximum Gasteiger partial charge on any atom is 0.229 e. The molecule has 1 unspecified atom stereocenters. The van der Waals surface area contributed by atoms with Gasteiger partial charge in [0.25, 0.3) is 0 Å². The molecule has 1 saturated heterocycles. The molecule has 0 radical (unpaired) electrons. The van der Waals surface area contributed by atoms with Crippen LogP contribution in [0.5, 0.6) is 0 Å². The minimum Gasteiger partial charge on any atom is -0.381 e. The third kappa shape index (κ3) is 2.07. The fourth-order valence-corrected chi connectivity index (χ4v) is 2.05. The van der Waals surface area contributed by atoms with Gasteiger partial charge in [-0.25, -0.2) is 9.97 Å². The van der Waals surface area contributed by atoms with Crippen LogP contribution in [0.25, 0.3) is 0 Å². The zero-order valence-corrected chi connectivity index (χ0v) is 10.2. The average molecular weight is 289 g/mol. The number of nitrogen functional groups attached to an aromatic ring is 1. The molecule has 1 amide bonds. The number of carbonyl (C=O) groups excluding carboxylic acids is 1. The van der Waals surface area contributed by atoms with Gasteiger partial charge in [-0.3, -0.25) is 9.69 Å². The van der Waals surface area contributed by atoms with Gasteiger partial charge in [0.2, 0.25) is 5.91 Å². The molecule has 0 aliphatic carbocycles. The Hall–Kier alpha value is -0.820. The lowest BCUT2D eigenvalue weighted by molar-refractivity contribution is -0.117. The summed E-state index contributed by atoms with van der Waals surface area (Å²) in [5.74, 6) is 0.647. The van der Waals surface area contributed by atoms with Crippen LogP contribution in [0, 0.1) is 0 Å². The second-order valence-electron chi connectivity index (χ2n) is 3.26. The van der Waals surface area contributed by atoms with Crippen molar-refractivity contribution in [3.63, 3.8) is 0 Å². The first-order chi connectivity index (χ1) is 7.08. The number of rotatable bonds is 1. The number of nitrogens with two attached hydrogens (primary N) is 1. The predicted octanol–water partition coefficient (Wildman–Crippen LogP) is 0.856. The zero-order chi connectivity index (χ0) is 11.0. The Kier molecular flexibility index (Phi) is 2.83. The normalized spacial score (nSPS) is 21.1. The van der Waals surface area contributed by atoms with Gasteiger partial charge in [0.1, 0.15) is 4.60 Å². The van der Waals surface area contributed by atoms with E-state index in [2.05, 4.69) is 38.5 Å². The van der Waals surface area contributed by atoms with E-state index in [9.17, 15) is 4.79 Å². The lowest BCUT2D eigenvalue weighted by Gasteiger charge is -2.15. The molecule has 0 saturated carbocycles. The fourth-order valence-electron chi connectivity index (χ4n) is 1.46. The molecule has 0 spiro atoms. The van der Waals surface area contributed by atoms with E-state index in [4.69, 9.17) is 5.73 Å². The molecule has 1 aromatic heterocycles. The molecule has 1 atom stereocenters. The van der Waals surface area contributed by atoms with E-state index >= 15 is 0 Å². The molecule has 0 aromatic carbocycles. The highest BCUT2D eigenvalue weighted by Gasteiger charge is 2.30. The smallest absolute Gasteiger partial charge is 0.229 e. The predicted molar refractivity (Wildman–Crippen MR) is 63.9 cm³/mol. The van der Waals surface area contributed by atoms with Gasteiger partial charge in [-0.2, -0.15) is 12.6 Å². The molecular formula is C8H9BrN4OS. The number of anilines is 2. The Balaban J connectivity index is 2.37. The summed E-state index contributed by atoms with van der Waals surface area (Å²) in [5, 5.41) is 0.0395. The molecule has 5 nitrogen and oxygen atoms in total. The Labute approximate surface area is 101 Å². The van der Waals surface area contributed by atoms with Gasteiger partial charge < -0.3 is 5.73 Å². The Bertz CT molecular complexity index is 414. The van der Waals surface area contributed by atoms with E-state index in [-0.39, 0.29) is 17.0 Å². The number of thiol groups is 1. The number of amides is 1. The van der Waals surface area contributed by atoms with Crippen LogP contribution >= 0.6 is 28.6 Å². The van der Waals surface area contributed by atoms with E-state index in [1.165, 1.54) is 11.1 Å². The molecule has 2 heterocycles. The fraction of sp³-hybridized carbons (Fsp3) is 0.375. The van der Waals surface area contributed by atoms with E-state index in [0.29, 0.717) is 23.4 Å². The third-order valence-corrected chi connectivity index (χ3v) is 2.84. The lowest BCUT2D eigenvalue weighted by Crippen LogP contribution is -2.27. The van der Waals surface area contributed by atoms with Gasteiger partial charge in [-0.15, -0.1) is 0 Å². The van der Waals surface area contributed by atoms with E-state index < -0.39 is 0 Å². The molecule has 1 aromatic rings. The van der Waals surface area contributed by atoms with E-state index in [1.807, 2.05) is 0 Å². The number of carbonyl (C=O) groups is 1. The summed E-state index contributed by atoms with van der Waals surface area (Å²) >= 11 is 7.45. The number of nitrogens with zero attached hydrogens (tertiary/aromatic N) is 3. The largest absolute Gasteiger partial charge is 0.381 e. The summed E-state index contributed by atoms with van der Waals surface area (Å²) in [5.41, 5.74) is 5.66. The monoisotopic (exact) mass is 288 g/mol. The van der Waals surface area contributed by atoms with Crippen LogP contribution in [0.15, 0.2) is 10.8 Å². The Morgan fingerprint density at radius 1 is 1.67 bits per heavy atom. The maximum atomic E-state index is 11.6. The van der Waals surface area contributed by atoms with Crippen LogP contribution in [0.4, 0.5) is 11.6 Å². The Morgan fingerprint density at radius 3 is 3.00 bits per heavy atom. The average Bonchev–Trinajstić information content (AvgIpc) is 2.50. The molecule has 1 aliphatic heterocycles. The summed E-state index contributed by atoms with van der Waals surface area (Å²) in [6.07, 6.45) is 1.91. The maximum absolute atomic E-state index is 11.6. The van der Waals surface area contributed by atoms with Crippen molar-refractivity contribution in [3.05, 3.63) is 10.8 Å². The second-order valence-corrected chi connectivity index (χ2v) is 4.81. The van der Waals surface area contributed by atoms with Crippen molar-refractivity contribution in [1.29, 1.82) is 0 Å². The number of aromatic nitrogens is 2. The van der Waals surface area contributed by atoms with Crippen molar-refractivity contribution < 1.29 is 4.79 Å². The number of hydrogen-bond donors (Lipinski definition) is 2. The van der Waals surface area contributed by atoms with Crippen LogP contribution in [-0.2, 0) is 4.79 Å². The molecule has 2 N–H and O–H groups in total. The van der Waals surface area contributed by atoms with Crippen molar-refractivity contribution >= 4 is 46.1 Å². The molecule has 7 heteroatoms. The standard InChI is InChI=1S/C8H9BrN4OS/c9-5-2-11-7(10)8(12-5)13-3-4(15)1-6(13)14/h2,4,15H,1,3H2,(H2,10,11). The SMILES string of the molecule is Nc1ncc(Br)nc1N1CC(S)CC1=O. The van der Waals surface area contributed by atoms with Crippen molar-refractivity contribution in [2.75, 3.05) is 17.2 Å². The quantitative estimate of drug-likeness (QED) is 0.752.